The molecule has 1 atom stereocenters. The number of nitrogens with one attached hydrogen (secondary N) is 1. The Bertz CT molecular complexity index is 561. The van der Waals surface area contributed by atoms with Gasteiger partial charge < -0.3 is 10.2 Å². The highest BCUT2D eigenvalue weighted by atomic mass is 32.1. The van der Waals surface area contributed by atoms with Crippen molar-refractivity contribution in [2.24, 2.45) is 0 Å². The van der Waals surface area contributed by atoms with Crippen LogP contribution in [0.5, 0.6) is 0 Å². The Morgan fingerprint density at radius 3 is 3.00 bits per heavy atom. The molecule has 0 radical (unpaired) electrons. The summed E-state index contributed by atoms with van der Waals surface area (Å²) in [5.74, 6) is 0.296. The van der Waals surface area contributed by atoms with Crippen molar-refractivity contribution in [2.75, 3.05) is 26.2 Å². The average Bonchev–Trinajstić information content (AvgIpc) is 3.01. The van der Waals surface area contributed by atoms with Crippen molar-refractivity contribution in [3.8, 4) is 0 Å². The first-order chi connectivity index (χ1) is 12.2. The van der Waals surface area contributed by atoms with E-state index in [2.05, 4.69) is 27.7 Å². The van der Waals surface area contributed by atoms with E-state index >= 15 is 0 Å². The lowest BCUT2D eigenvalue weighted by atomic mass is 10.1. The molecule has 138 valence electrons. The number of rotatable bonds is 6. The van der Waals surface area contributed by atoms with Gasteiger partial charge in [-0.1, -0.05) is 12.5 Å². The lowest BCUT2D eigenvalue weighted by Gasteiger charge is -2.33. The van der Waals surface area contributed by atoms with E-state index in [4.69, 9.17) is 0 Å². The Labute approximate surface area is 154 Å². The molecule has 2 aliphatic rings. The molecule has 2 amide bonds. The van der Waals surface area contributed by atoms with Gasteiger partial charge in [0.25, 0.3) is 0 Å². The van der Waals surface area contributed by atoms with Crippen molar-refractivity contribution in [1.82, 2.24) is 15.1 Å². The first-order valence-electron chi connectivity index (χ1n) is 9.52. The lowest BCUT2D eigenvalue weighted by Crippen LogP contribution is -2.47. The van der Waals surface area contributed by atoms with E-state index in [9.17, 15) is 9.59 Å². The molecule has 0 spiro atoms. The number of carbonyl (C=O) groups excluding carboxylic acids is 2. The zero-order valence-corrected chi connectivity index (χ0v) is 15.7. The molecule has 1 aromatic rings. The summed E-state index contributed by atoms with van der Waals surface area (Å²) in [4.78, 5) is 30.0. The zero-order valence-electron chi connectivity index (χ0n) is 14.9. The van der Waals surface area contributed by atoms with Crippen molar-refractivity contribution in [2.45, 2.75) is 57.5 Å². The van der Waals surface area contributed by atoms with Gasteiger partial charge in [0.05, 0.1) is 0 Å². The molecular formula is C19H29N3O2S. The molecule has 2 fully saturated rings. The second kappa shape index (κ2) is 9.34. The molecule has 1 unspecified atom stereocenters. The largest absolute Gasteiger partial charge is 0.352 e. The monoisotopic (exact) mass is 363 g/mol. The first-order valence-corrected chi connectivity index (χ1v) is 10.4. The second-order valence-electron chi connectivity index (χ2n) is 7.16. The first kappa shape index (κ1) is 18.4. The predicted molar refractivity (Wildman–Crippen MR) is 100 cm³/mol. The van der Waals surface area contributed by atoms with Crippen LogP contribution in [0.4, 0.5) is 0 Å². The molecule has 0 aromatic carbocycles. The highest BCUT2D eigenvalue weighted by molar-refractivity contribution is 7.09. The van der Waals surface area contributed by atoms with Crippen LogP contribution in [-0.4, -0.2) is 53.8 Å². The van der Waals surface area contributed by atoms with Crippen LogP contribution < -0.4 is 5.32 Å². The fourth-order valence-electron chi connectivity index (χ4n) is 3.75. The van der Waals surface area contributed by atoms with Crippen molar-refractivity contribution in [3.63, 3.8) is 0 Å². The minimum atomic E-state index is 0.0834. The van der Waals surface area contributed by atoms with Crippen molar-refractivity contribution in [1.29, 1.82) is 0 Å². The molecule has 1 N–H and O–H groups in total. The molecule has 0 bridgehead atoms. The Kier molecular flexibility index (Phi) is 6.87. The Morgan fingerprint density at radius 2 is 2.16 bits per heavy atom. The fraction of sp³-hybridized carbons (Fsp3) is 0.684. The summed E-state index contributed by atoms with van der Waals surface area (Å²) in [6, 6.07) is 4.50. The van der Waals surface area contributed by atoms with Gasteiger partial charge in [0.2, 0.25) is 11.8 Å². The molecule has 5 nitrogen and oxygen atoms in total. The van der Waals surface area contributed by atoms with Crippen LogP contribution in [0.1, 0.15) is 49.8 Å². The third kappa shape index (κ3) is 5.82. The highest BCUT2D eigenvalue weighted by Gasteiger charge is 2.22. The smallest absolute Gasteiger partial charge is 0.222 e. The summed E-state index contributed by atoms with van der Waals surface area (Å²) in [5, 5.41) is 5.30. The van der Waals surface area contributed by atoms with Gasteiger partial charge in [-0.2, -0.15) is 0 Å². The quantitative estimate of drug-likeness (QED) is 0.845. The van der Waals surface area contributed by atoms with Crippen LogP contribution in [0.15, 0.2) is 17.5 Å². The van der Waals surface area contributed by atoms with Gasteiger partial charge in [-0.3, -0.25) is 14.5 Å². The molecule has 3 rings (SSSR count). The summed E-state index contributed by atoms with van der Waals surface area (Å²) in [6.45, 7) is 4.38. The lowest BCUT2D eigenvalue weighted by molar-refractivity contribution is -0.131. The number of nitrogens with zero attached hydrogens (tertiary/aromatic N) is 2. The van der Waals surface area contributed by atoms with Gasteiger partial charge in [0.1, 0.15) is 0 Å². The van der Waals surface area contributed by atoms with E-state index in [0.717, 1.165) is 58.3 Å². The number of hydrogen-bond donors (Lipinski definition) is 1. The maximum atomic E-state index is 12.3. The molecule has 2 aliphatic heterocycles. The number of piperidine rings is 1. The van der Waals surface area contributed by atoms with Gasteiger partial charge >= 0.3 is 0 Å². The maximum absolute atomic E-state index is 12.3. The highest BCUT2D eigenvalue weighted by Crippen LogP contribution is 2.17. The Hall–Kier alpha value is -1.40. The summed E-state index contributed by atoms with van der Waals surface area (Å²) in [5.41, 5.74) is 0. The van der Waals surface area contributed by atoms with E-state index in [1.54, 1.807) is 11.3 Å². The molecule has 25 heavy (non-hydrogen) atoms. The van der Waals surface area contributed by atoms with Crippen molar-refractivity contribution < 1.29 is 9.59 Å². The Morgan fingerprint density at radius 1 is 1.24 bits per heavy atom. The van der Waals surface area contributed by atoms with E-state index in [0.29, 0.717) is 19.4 Å². The summed E-state index contributed by atoms with van der Waals surface area (Å²) >= 11 is 1.79. The van der Waals surface area contributed by atoms with Crippen molar-refractivity contribution >= 4 is 23.2 Å². The van der Waals surface area contributed by atoms with E-state index in [1.807, 2.05) is 4.90 Å². The van der Waals surface area contributed by atoms with Crippen LogP contribution in [0.3, 0.4) is 0 Å². The normalized spacial score (nSPS) is 22.6. The van der Waals surface area contributed by atoms with Crippen LogP contribution in [-0.2, 0) is 16.1 Å². The molecule has 0 aliphatic carbocycles. The van der Waals surface area contributed by atoms with E-state index in [1.165, 1.54) is 4.88 Å². The SMILES string of the molecule is O=C(CCN1CCCCCC1=O)NC1CCCN(Cc2cccs2)C1. The molecule has 2 saturated heterocycles. The standard InChI is InChI=1S/C19H29N3O2S/c23-18(9-12-22-11-3-1-2-8-19(22)24)20-16-6-4-10-21(14-16)15-17-7-5-13-25-17/h5,7,13,16H,1-4,6,8-12,14-15H2,(H,20,23). The number of amides is 2. The zero-order chi connectivity index (χ0) is 17.5. The van der Waals surface area contributed by atoms with Crippen molar-refractivity contribution in [3.05, 3.63) is 22.4 Å². The summed E-state index contributed by atoms with van der Waals surface area (Å²) in [6.07, 6.45) is 6.42. The molecule has 1 aromatic heterocycles. The van der Waals surface area contributed by atoms with Crippen LogP contribution in [0.2, 0.25) is 0 Å². The summed E-state index contributed by atoms with van der Waals surface area (Å²) < 4.78 is 0. The van der Waals surface area contributed by atoms with Gasteiger partial charge in [-0.15, -0.1) is 11.3 Å². The second-order valence-corrected chi connectivity index (χ2v) is 8.19. The third-order valence-corrected chi connectivity index (χ3v) is 5.97. The van der Waals surface area contributed by atoms with Crippen LogP contribution in [0, 0.1) is 0 Å². The van der Waals surface area contributed by atoms with Gasteiger partial charge in [-0.25, -0.2) is 0 Å². The maximum Gasteiger partial charge on any atom is 0.222 e. The number of hydrogen-bond acceptors (Lipinski definition) is 4. The van der Waals surface area contributed by atoms with Crippen LogP contribution >= 0.6 is 11.3 Å². The molecule has 3 heterocycles. The molecule has 0 saturated carbocycles. The average molecular weight is 364 g/mol. The van der Waals surface area contributed by atoms with Crippen LogP contribution in [0.25, 0.3) is 0 Å². The molecule has 6 heteroatoms. The van der Waals surface area contributed by atoms with Gasteiger partial charge in [-0.05, 0) is 43.7 Å². The predicted octanol–water partition coefficient (Wildman–Crippen LogP) is 2.62. The van der Waals surface area contributed by atoms with E-state index in [-0.39, 0.29) is 17.9 Å². The van der Waals surface area contributed by atoms with Gasteiger partial charge in [0.15, 0.2) is 0 Å². The fourth-order valence-corrected chi connectivity index (χ4v) is 4.50. The topological polar surface area (TPSA) is 52.7 Å². The van der Waals surface area contributed by atoms with Gasteiger partial charge in [0, 0.05) is 49.9 Å². The minimum Gasteiger partial charge on any atom is -0.352 e. The summed E-state index contributed by atoms with van der Waals surface area (Å²) in [7, 11) is 0. The number of carbonyl (C=O) groups is 2. The number of thiophene rings is 1. The third-order valence-electron chi connectivity index (χ3n) is 5.11. The Balaban J connectivity index is 1.40. The van der Waals surface area contributed by atoms with E-state index < -0.39 is 0 Å². The number of likely N-dealkylation sites (tertiary alicyclic amines) is 2. The minimum absolute atomic E-state index is 0.0834. The molecular weight excluding hydrogens is 334 g/mol.